The maximum Gasteiger partial charge on any atom is 0.246 e. The predicted octanol–water partition coefficient (Wildman–Crippen LogP) is 4.11. The van der Waals surface area contributed by atoms with Crippen molar-refractivity contribution in [3.8, 4) is 11.5 Å². The van der Waals surface area contributed by atoms with Crippen LogP contribution in [0.4, 0.5) is 0 Å². The normalized spacial score (nSPS) is 33.2. The highest BCUT2D eigenvalue weighted by Crippen LogP contribution is 2.66. The van der Waals surface area contributed by atoms with Gasteiger partial charge >= 0.3 is 0 Å². The zero-order chi connectivity index (χ0) is 26.4. The van der Waals surface area contributed by atoms with Crippen LogP contribution in [0.25, 0.3) is 6.08 Å². The molecular formula is C32H38N2O4. The number of aryl methyl sites for hydroxylation is 2. The highest BCUT2D eigenvalue weighted by atomic mass is 16.5. The number of carbonyl (C=O) groups is 1. The Balaban J connectivity index is 1.23. The number of piperidine rings is 1. The molecule has 2 bridgehead atoms. The molecule has 2 saturated carbocycles. The van der Waals surface area contributed by atoms with Gasteiger partial charge in [-0.15, -0.1) is 0 Å². The van der Waals surface area contributed by atoms with Gasteiger partial charge in [0, 0.05) is 31.3 Å². The van der Waals surface area contributed by atoms with Gasteiger partial charge in [0.25, 0.3) is 0 Å². The second-order valence-electron chi connectivity index (χ2n) is 12.5. The Morgan fingerprint density at radius 3 is 2.74 bits per heavy atom. The van der Waals surface area contributed by atoms with E-state index in [4.69, 9.17) is 4.74 Å². The first kappa shape index (κ1) is 24.2. The Hall–Kier alpha value is -2.83. The van der Waals surface area contributed by atoms with Crippen molar-refractivity contribution in [2.45, 2.75) is 81.6 Å². The summed E-state index contributed by atoms with van der Waals surface area (Å²) in [6, 6.07) is 9.82. The Morgan fingerprint density at radius 1 is 1.16 bits per heavy atom. The first-order valence-electron chi connectivity index (χ1n) is 14.2. The van der Waals surface area contributed by atoms with Crippen molar-refractivity contribution in [3.05, 3.63) is 64.2 Å². The molecule has 38 heavy (non-hydrogen) atoms. The first-order chi connectivity index (χ1) is 18.2. The molecule has 2 heterocycles. The number of rotatable bonds is 5. The second kappa shape index (κ2) is 8.33. The maximum absolute atomic E-state index is 13.5. The van der Waals surface area contributed by atoms with Crippen LogP contribution < -0.4 is 4.74 Å². The fourth-order valence-electron chi connectivity index (χ4n) is 8.17. The van der Waals surface area contributed by atoms with E-state index in [1.165, 1.54) is 29.5 Å². The summed E-state index contributed by atoms with van der Waals surface area (Å²) in [5, 5.41) is 23.5. The summed E-state index contributed by atoms with van der Waals surface area (Å²) in [5.41, 5.74) is 4.06. The topological polar surface area (TPSA) is 73.2 Å². The lowest BCUT2D eigenvalue weighted by molar-refractivity contribution is -0.200. The average molecular weight is 515 g/mol. The fraction of sp³-hybridized carbons (Fsp3) is 0.531. The molecule has 5 atom stereocenters. The molecule has 5 aliphatic rings. The third-order valence-corrected chi connectivity index (χ3v) is 10.5. The molecule has 6 nitrogen and oxygen atoms in total. The van der Waals surface area contributed by atoms with E-state index in [1.54, 1.807) is 17.0 Å². The van der Waals surface area contributed by atoms with Gasteiger partial charge in [0.2, 0.25) is 5.91 Å². The molecular weight excluding hydrogens is 476 g/mol. The number of likely N-dealkylation sites (N-methyl/N-ethyl adjacent to an activating group) is 1. The summed E-state index contributed by atoms with van der Waals surface area (Å²) < 4.78 is 6.63. The number of amides is 1. The number of benzene rings is 2. The number of aliphatic hydroxyl groups is 1. The molecule has 0 aromatic heterocycles. The van der Waals surface area contributed by atoms with Crippen molar-refractivity contribution in [2.75, 3.05) is 20.1 Å². The quantitative estimate of drug-likeness (QED) is 0.588. The standard InChI is InChI=1S/C32H38N2O4/c1-19-4-5-21(16-20(19)2)8-11-27(36)33(3)24-12-13-32(37)26-17-23-9-10-25(35)29-28(23)31(32,30(24)38-29)14-15-34(26)18-22-6-7-22/h4-5,8-11,16,22,24,26,30,35,37H,6-7,12-15,17-18H2,1-3H3/b11-8+/t24?,26-,30?,31+,32-/m1/s1. The largest absolute Gasteiger partial charge is 0.504 e. The summed E-state index contributed by atoms with van der Waals surface area (Å²) in [4.78, 5) is 17.8. The number of carbonyl (C=O) groups excluding carboxylic acids is 1. The van der Waals surface area contributed by atoms with E-state index < -0.39 is 17.1 Å². The van der Waals surface area contributed by atoms with Gasteiger partial charge in [-0.25, -0.2) is 0 Å². The Morgan fingerprint density at radius 2 is 1.97 bits per heavy atom. The van der Waals surface area contributed by atoms with E-state index in [1.807, 2.05) is 25.3 Å². The lowest BCUT2D eigenvalue weighted by Crippen LogP contribution is -2.78. The Bertz CT molecular complexity index is 1350. The van der Waals surface area contributed by atoms with E-state index in [-0.39, 0.29) is 23.7 Å². The molecule has 2 aliphatic heterocycles. The van der Waals surface area contributed by atoms with Crippen LogP contribution in [0.5, 0.6) is 11.5 Å². The van der Waals surface area contributed by atoms with Crippen LogP contribution in [0.15, 0.2) is 36.4 Å². The highest BCUT2D eigenvalue weighted by molar-refractivity contribution is 5.92. The van der Waals surface area contributed by atoms with Crippen LogP contribution in [0.2, 0.25) is 0 Å². The minimum absolute atomic E-state index is 0.0394. The number of ether oxygens (including phenoxy) is 1. The number of phenolic OH excluding ortho intramolecular Hbond substituents is 1. The number of nitrogens with zero attached hydrogens (tertiary/aromatic N) is 2. The van der Waals surface area contributed by atoms with Crippen LogP contribution in [0.3, 0.4) is 0 Å². The zero-order valence-corrected chi connectivity index (χ0v) is 22.6. The van der Waals surface area contributed by atoms with Crippen molar-refractivity contribution in [1.29, 1.82) is 0 Å². The van der Waals surface area contributed by atoms with Crippen molar-refractivity contribution in [3.63, 3.8) is 0 Å². The summed E-state index contributed by atoms with van der Waals surface area (Å²) in [6.45, 7) is 6.13. The van der Waals surface area contributed by atoms with E-state index in [0.717, 1.165) is 43.0 Å². The molecule has 2 unspecified atom stereocenters. The third kappa shape index (κ3) is 3.29. The average Bonchev–Trinajstić information content (AvgIpc) is 3.64. The molecule has 1 amide bonds. The van der Waals surface area contributed by atoms with Crippen molar-refractivity contribution < 1.29 is 19.7 Å². The number of likely N-dealkylation sites (tertiary alicyclic amines) is 1. The van der Waals surface area contributed by atoms with Gasteiger partial charge in [-0.2, -0.15) is 0 Å². The molecule has 1 saturated heterocycles. The SMILES string of the molecule is Cc1ccc(/C=C/C(=O)N(C)C2CC[C@@]3(O)[C@H]4Cc5ccc(O)c6c5[C@@]3(CCN4CC3CC3)C2O6)cc1C. The Labute approximate surface area is 224 Å². The van der Waals surface area contributed by atoms with E-state index in [0.29, 0.717) is 18.6 Å². The molecule has 2 aromatic carbocycles. The molecule has 2 N–H and O–H groups in total. The third-order valence-electron chi connectivity index (χ3n) is 10.5. The molecule has 7 rings (SSSR count). The zero-order valence-electron chi connectivity index (χ0n) is 22.6. The summed E-state index contributed by atoms with van der Waals surface area (Å²) in [7, 11) is 1.86. The first-order valence-corrected chi connectivity index (χ1v) is 14.2. The molecule has 2 aromatic rings. The van der Waals surface area contributed by atoms with E-state index in [2.05, 4.69) is 30.9 Å². The van der Waals surface area contributed by atoms with Crippen LogP contribution in [0, 0.1) is 19.8 Å². The number of phenols is 1. The summed E-state index contributed by atoms with van der Waals surface area (Å²) >= 11 is 0. The molecule has 200 valence electrons. The lowest BCUT2D eigenvalue weighted by atomic mass is 9.48. The monoisotopic (exact) mass is 514 g/mol. The van der Waals surface area contributed by atoms with Crippen molar-refractivity contribution in [1.82, 2.24) is 9.80 Å². The van der Waals surface area contributed by atoms with Gasteiger partial charge < -0.3 is 19.8 Å². The maximum atomic E-state index is 13.5. The molecule has 0 radical (unpaired) electrons. The van der Waals surface area contributed by atoms with Gasteiger partial charge in [-0.1, -0.05) is 24.3 Å². The smallest absolute Gasteiger partial charge is 0.246 e. The van der Waals surface area contributed by atoms with E-state index >= 15 is 0 Å². The van der Waals surface area contributed by atoms with Gasteiger partial charge in [0.05, 0.1) is 17.1 Å². The van der Waals surface area contributed by atoms with Crippen LogP contribution in [0.1, 0.15) is 59.9 Å². The molecule has 1 spiro atoms. The summed E-state index contributed by atoms with van der Waals surface area (Å²) in [6.07, 6.45) is 8.56. The van der Waals surface area contributed by atoms with Gasteiger partial charge in [0.15, 0.2) is 11.5 Å². The van der Waals surface area contributed by atoms with Gasteiger partial charge in [-0.3, -0.25) is 9.69 Å². The summed E-state index contributed by atoms with van der Waals surface area (Å²) in [5.74, 6) is 1.34. The second-order valence-corrected chi connectivity index (χ2v) is 12.5. The van der Waals surface area contributed by atoms with Crippen LogP contribution in [-0.2, 0) is 16.6 Å². The van der Waals surface area contributed by atoms with Crippen molar-refractivity contribution >= 4 is 12.0 Å². The minimum Gasteiger partial charge on any atom is -0.504 e. The Kier molecular flexibility index (Phi) is 5.31. The van der Waals surface area contributed by atoms with E-state index in [9.17, 15) is 15.0 Å². The highest BCUT2D eigenvalue weighted by Gasteiger charge is 2.73. The number of hydrogen-bond acceptors (Lipinski definition) is 5. The number of hydrogen-bond donors (Lipinski definition) is 2. The van der Waals surface area contributed by atoms with Crippen molar-refractivity contribution in [2.24, 2.45) is 5.92 Å². The molecule has 6 heteroatoms. The minimum atomic E-state index is -0.938. The fourth-order valence-corrected chi connectivity index (χ4v) is 8.17. The van der Waals surface area contributed by atoms with Crippen LogP contribution >= 0.6 is 0 Å². The van der Waals surface area contributed by atoms with Gasteiger partial charge in [0.1, 0.15) is 6.10 Å². The van der Waals surface area contributed by atoms with Crippen LogP contribution in [-0.4, -0.2) is 69.8 Å². The van der Waals surface area contributed by atoms with Gasteiger partial charge in [-0.05, 0) is 99.2 Å². The lowest BCUT2D eigenvalue weighted by Gasteiger charge is -2.64. The molecule has 3 aliphatic carbocycles. The molecule has 3 fully saturated rings. The number of aromatic hydroxyl groups is 1. The predicted molar refractivity (Wildman–Crippen MR) is 146 cm³/mol.